The van der Waals surface area contributed by atoms with Crippen molar-refractivity contribution in [3.8, 4) is 0 Å². The Balaban J connectivity index is 2.23. The van der Waals surface area contributed by atoms with Crippen LogP contribution in [0.5, 0.6) is 0 Å². The SMILES string of the molecule is Cc1cc(C)c(CNC(=O)c2cc(Cl)cc(S)c2C)c(=O)[nH]1. The number of carbonyl (C=O) groups is 1. The molecule has 2 rings (SSSR count). The third kappa shape index (κ3) is 3.54. The minimum absolute atomic E-state index is 0.161. The van der Waals surface area contributed by atoms with Gasteiger partial charge in [-0.05, 0) is 50.1 Å². The number of H-pyrrole nitrogens is 1. The molecule has 1 amide bonds. The predicted octanol–water partition coefficient (Wildman–Crippen LogP) is 3.17. The third-order valence-electron chi connectivity index (χ3n) is 3.51. The molecule has 0 aliphatic carbocycles. The number of halogens is 1. The van der Waals surface area contributed by atoms with Crippen LogP contribution in [0.4, 0.5) is 0 Å². The van der Waals surface area contributed by atoms with Crippen LogP contribution < -0.4 is 10.9 Å². The summed E-state index contributed by atoms with van der Waals surface area (Å²) in [6.07, 6.45) is 0. The van der Waals surface area contributed by atoms with Crippen molar-refractivity contribution in [1.82, 2.24) is 10.3 Å². The highest BCUT2D eigenvalue weighted by molar-refractivity contribution is 7.80. The summed E-state index contributed by atoms with van der Waals surface area (Å²) in [6, 6.07) is 5.16. The number of nitrogens with one attached hydrogen (secondary N) is 2. The summed E-state index contributed by atoms with van der Waals surface area (Å²) in [5.74, 6) is -0.283. The van der Waals surface area contributed by atoms with Crippen molar-refractivity contribution < 1.29 is 4.79 Å². The van der Waals surface area contributed by atoms with Crippen LogP contribution in [0.25, 0.3) is 0 Å². The second-order valence-corrected chi connectivity index (χ2v) is 6.14. The van der Waals surface area contributed by atoms with E-state index in [0.717, 1.165) is 16.8 Å². The summed E-state index contributed by atoms with van der Waals surface area (Å²) >= 11 is 10.3. The lowest BCUT2D eigenvalue weighted by Gasteiger charge is -2.11. The molecule has 0 spiro atoms. The molecule has 2 N–H and O–H groups in total. The van der Waals surface area contributed by atoms with Gasteiger partial charge in [-0.3, -0.25) is 9.59 Å². The molecular weight excluding hydrogens is 320 g/mol. The summed E-state index contributed by atoms with van der Waals surface area (Å²) in [6.45, 7) is 5.63. The van der Waals surface area contributed by atoms with Crippen molar-refractivity contribution in [2.75, 3.05) is 0 Å². The fraction of sp³-hybridized carbons (Fsp3) is 0.250. The van der Waals surface area contributed by atoms with Crippen LogP contribution in [-0.4, -0.2) is 10.9 Å². The number of aromatic nitrogens is 1. The maximum Gasteiger partial charge on any atom is 0.253 e. The molecule has 0 unspecified atom stereocenters. The zero-order chi connectivity index (χ0) is 16.4. The lowest BCUT2D eigenvalue weighted by molar-refractivity contribution is 0.0950. The van der Waals surface area contributed by atoms with Crippen molar-refractivity contribution >= 4 is 30.1 Å². The van der Waals surface area contributed by atoms with Crippen LogP contribution >= 0.6 is 24.2 Å². The normalized spacial score (nSPS) is 10.6. The maximum atomic E-state index is 12.3. The van der Waals surface area contributed by atoms with Crippen molar-refractivity contribution in [3.05, 3.63) is 61.5 Å². The van der Waals surface area contributed by atoms with Gasteiger partial charge in [0, 0.05) is 33.3 Å². The molecule has 0 saturated heterocycles. The molecule has 22 heavy (non-hydrogen) atoms. The number of thiol groups is 1. The second-order valence-electron chi connectivity index (χ2n) is 5.22. The van der Waals surface area contributed by atoms with Crippen molar-refractivity contribution in [3.63, 3.8) is 0 Å². The van der Waals surface area contributed by atoms with E-state index in [1.165, 1.54) is 0 Å². The van der Waals surface area contributed by atoms with Crippen molar-refractivity contribution in [2.45, 2.75) is 32.2 Å². The fourth-order valence-electron chi connectivity index (χ4n) is 2.27. The molecule has 0 bridgehead atoms. The number of amides is 1. The Morgan fingerprint density at radius 3 is 2.59 bits per heavy atom. The van der Waals surface area contributed by atoms with Crippen LogP contribution in [0.1, 0.15) is 32.7 Å². The Morgan fingerprint density at radius 2 is 1.95 bits per heavy atom. The Morgan fingerprint density at radius 1 is 1.27 bits per heavy atom. The van der Waals surface area contributed by atoms with E-state index in [0.29, 0.717) is 21.0 Å². The Hall–Kier alpha value is -1.72. The third-order valence-corrected chi connectivity index (χ3v) is 4.19. The highest BCUT2D eigenvalue weighted by Gasteiger charge is 2.13. The van der Waals surface area contributed by atoms with Gasteiger partial charge in [0.2, 0.25) is 0 Å². The molecule has 0 aliphatic rings. The molecule has 1 heterocycles. The van der Waals surface area contributed by atoms with Gasteiger partial charge in [0.1, 0.15) is 0 Å². The summed E-state index contributed by atoms with van der Waals surface area (Å²) in [5.41, 5.74) is 3.21. The molecular formula is C16H17ClN2O2S. The summed E-state index contributed by atoms with van der Waals surface area (Å²) < 4.78 is 0. The first-order valence-corrected chi connectivity index (χ1v) is 7.59. The van der Waals surface area contributed by atoms with Gasteiger partial charge in [-0.1, -0.05) is 11.6 Å². The maximum absolute atomic E-state index is 12.3. The molecule has 0 fully saturated rings. The van der Waals surface area contributed by atoms with Gasteiger partial charge in [-0.2, -0.15) is 0 Å². The average Bonchev–Trinajstić information content (AvgIpc) is 2.41. The summed E-state index contributed by atoms with van der Waals surface area (Å²) in [5, 5.41) is 3.21. The van der Waals surface area contributed by atoms with Gasteiger partial charge in [-0.15, -0.1) is 12.6 Å². The predicted molar refractivity (Wildman–Crippen MR) is 91.1 cm³/mol. The quantitative estimate of drug-likeness (QED) is 0.754. The monoisotopic (exact) mass is 336 g/mol. The largest absolute Gasteiger partial charge is 0.348 e. The minimum Gasteiger partial charge on any atom is -0.348 e. The molecule has 1 aromatic carbocycles. The van der Waals surface area contributed by atoms with E-state index in [1.807, 2.05) is 19.9 Å². The number of aryl methyl sites for hydroxylation is 2. The first kappa shape index (κ1) is 16.6. The van der Waals surface area contributed by atoms with Gasteiger partial charge in [-0.25, -0.2) is 0 Å². The highest BCUT2D eigenvalue weighted by Crippen LogP contribution is 2.23. The molecule has 6 heteroatoms. The Labute approximate surface area is 139 Å². The van der Waals surface area contributed by atoms with Crippen LogP contribution in [0.3, 0.4) is 0 Å². The van der Waals surface area contributed by atoms with E-state index in [2.05, 4.69) is 22.9 Å². The van der Waals surface area contributed by atoms with Gasteiger partial charge in [0.15, 0.2) is 0 Å². The molecule has 0 atom stereocenters. The number of benzene rings is 1. The zero-order valence-corrected chi connectivity index (χ0v) is 14.2. The number of hydrogen-bond acceptors (Lipinski definition) is 3. The van der Waals surface area contributed by atoms with Crippen LogP contribution in [0.2, 0.25) is 5.02 Å². The Bertz CT molecular complexity index is 799. The second kappa shape index (κ2) is 6.58. The van der Waals surface area contributed by atoms with E-state index < -0.39 is 0 Å². The first-order chi connectivity index (χ1) is 10.3. The highest BCUT2D eigenvalue weighted by atomic mass is 35.5. The molecule has 0 aliphatic heterocycles. The lowest BCUT2D eigenvalue weighted by atomic mass is 10.1. The van der Waals surface area contributed by atoms with E-state index in [9.17, 15) is 9.59 Å². The van der Waals surface area contributed by atoms with Crippen molar-refractivity contribution in [2.24, 2.45) is 0 Å². The topological polar surface area (TPSA) is 62.0 Å². The van der Waals surface area contributed by atoms with E-state index >= 15 is 0 Å². The van der Waals surface area contributed by atoms with Gasteiger partial charge >= 0.3 is 0 Å². The van der Waals surface area contributed by atoms with E-state index in [1.54, 1.807) is 19.1 Å². The fourth-order valence-corrected chi connectivity index (χ4v) is 2.82. The van der Waals surface area contributed by atoms with Crippen molar-refractivity contribution in [1.29, 1.82) is 0 Å². The van der Waals surface area contributed by atoms with Gasteiger partial charge in [0.25, 0.3) is 11.5 Å². The van der Waals surface area contributed by atoms with Gasteiger partial charge < -0.3 is 10.3 Å². The number of carbonyl (C=O) groups excluding carboxylic acids is 1. The molecule has 0 radical (unpaired) electrons. The number of rotatable bonds is 3. The number of hydrogen-bond donors (Lipinski definition) is 3. The molecule has 0 saturated carbocycles. The van der Waals surface area contributed by atoms with Gasteiger partial charge in [0.05, 0.1) is 0 Å². The number of pyridine rings is 1. The molecule has 4 nitrogen and oxygen atoms in total. The minimum atomic E-state index is -0.283. The van der Waals surface area contributed by atoms with E-state index in [-0.39, 0.29) is 18.0 Å². The first-order valence-electron chi connectivity index (χ1n) is 6.76. The summed E-state index contributed by atoms with van der Waals surface area (Å²) in [4.78, 5) is 27.6. The van der Waals surface area contributed by atoms with E-state index in [4.69, 9.17) is 11.6 Å². The molecule has 1 aromatic heterocycles. The van der Waals surface area contributed by atoms with Crippen LogP contribution in [-0.2, 0) is 6.54 Å². The van der Waals surface area contributed by atoms with Crippen LogP contribution in [0.15, 0.2) is 27.9 Å². The lowest BCUT2D eigenvalue weighted by Crippen LogP contribution is -2.28. The smallest absolute Gasteiger partial charge is 0.253 e. The number of aromatic amines is 1. The van der Waals surface area contributed by atoms with Crippen LogP contribution in [0, 0.1) is 20.8 Å². The molecule has 2 aromatic rings. The standard InChI is InChI=1S/C16H17ClN2O2S/c1-8-4-9(2)19-16(21)13(8)7-18-15(20)12-5-11(17)6-14(22)10(12)3/h4-6,22H,7H2,1-3H3,(H,18,20)(H,19,21). The zero-order valence-electron chi connectivity index (χ0n) is 12.6. The average molecular weight is 337 g/mol. The summed E-state index contributed by atoms with van der Waals surface area (Å²) in [7, 11) is 0. The molecule has 116 valence electrons. The Kier molecular flexibility index (Phi) is 4.98.